The van der Waals surface area contributed by atoms with Crippen LogP contribution in [0, 0.1) is 18.8 Å². The van der Waals surface area contributed by atoms with E-state index in [1.165, 1.54) is 0 Å². The van der Waals surface area contributed by atoms with Crippen molar-refractivity contribution in [3.63, 3.8) is 0 Å². The Bertz CT molecular complexity index is 429. The van der Waals surface area contributed by atoms with Crippen molar-refractivity contribution in [2.45, 2.75) is 26.2 Å². The standard InChI is InChI=1S/C16H22O3/c1-14-8-9-16(19-12-6-5-11-18-2)15(13-14)7-3-4-10-17/h8-9,13,17H,4-6,10-12H2,1-2H3. The Balaban J connectivity index is 2.59. The Morgan fingerprint density at radius 1 is 1.21 bits per heavy atom. The van der Waals surface area contributed by atoms with Crippen LogP contribution in [0.5, 0.6) is 5.75 Å². The number of methoxy groups -OCH3 is 1. The lowest BCUT2D eigenvalue weighted by Crippen LogP contribution is -2.01. The average Bonchev–Trinajstić information content (AvgIpc) is 2.41. The molecule has 0 bridgehead atoms. The summed E-state index contributed by atoms with van der Waals surface area (Å²) >= 11 is 0. The Kier molecular flexibility index (Phi) is 7.72. The molecule has 1 N–H and O–H groups in total. The first-order valence-electron chi connectivity index (χ1n) is 6.60. The van der Waals surface area contributed by atoms with E-state index in [4.69, 9.17) is 14.6 Å². The summed E-state index contributed by atoms with van der Waals surface area (Å²) in [7, 11) is 1.70. The van der Waals surface area contributed by atoms with Crippen molar-refractivity contribution >= 4 is 0 Å². The van der Waals surface area contributed by atoms with Crippen LogP contribution in [0.4, 0.5) is 0 Å². The van der Waals surface area contributed by atoms with Crippen LogP contribution in [0.3, 0.4) is 0 Å². The maximum Gasteiger partial charge on any atom is 0.134 e. The summed E-state index contributed by atoms with van der Waals surface area (Å²) in [5.74, 6) is 6.79. The molecule has 3 nitrogen and oxygen atoms in total. The third kappa shape index (κ3) is 6.28. The normalized spacial score (nSPS) is 9.84. The highest BCUT2D eigenvalue weighted by Gasteiger charge is 2.01. The molecule has 0 radical (unpaired) electrons. The first-order chi connectivity index (χ1) is 9.27. The zero-order chi connectivity index (χ0) is 13.9. The first-order valence-corrected chi connectivity index (χ1v) is 6.60. The Morgan fingerprint density at radius 2 is 2.00 bits per heavy atom. The van der Waals surface area contributed by atoms with Crippen LogP contribution >= 0.6 is 0 Å². The van der Waals surface area contributed by atoms with E-state index in [9.17, 15) is 0 Å². The van der Waals surface area contributed by atoms with E-state index in [1.807, 2.05) is 25.1 Å². The van der Waals surface area contributed by atoms with Gasteiger partial charge in [0.1, 0.15) is 5.75 Å². The molecule has 0 atom stereocenters. The van der Waals surface area contributed by atoms with Gasteiger partial charge in [-0.1, -0.05) is 17.9 Å². The van der Waals surface area contributed by atoms with Gasteiger partial charge in [0.15, 0.2) is 0 Å². The van der Waals surface area contributed by atoms with Crippen LogP contribution in [0.2, 0.25) is 0 Å². The molecule has 0 amide bonds. The van der Waals surface area contributed by atoms with E-state index >= 15 is 0 Å². The van der Waals surface area contributed by atoms with E-state index in [0.717, 1.165) is 36.3 Å². The molecule has 0 aliphatic heterocycles. The van der Waals surface area contributed by atoms with Gasteiger partial charge in [-0.05, 0) is 37.5 Å². The lowest BCUT2D eigenvalue weighted by molar-refractivity contribution is 0.184. The summed E-state index contributed by atoms with van der Waals surface area (Å²) in [4.78, 5) is 0. The molecular formula is C16H22O3. The Hall–Kier alpha value is -1.50. The minimum Gasteiger partial charge on any atom is -0.492 e. The Morgan fingerprint density at radius 3 is 2.74 bits per heavy atom. The molecule has 3 heteroatoms. The molecule has 0 spiro atoms. The van der Waals surface area contributed by atoms with Crippen molar-refractivity contribution in [2.24, 2.45) is 0 Å². The van der Waals surface area contributed by atoms with Gasteiger partial charge in [0.05, 0.1) is 18.8 Å². The molecule has 1 aromatic carbocycles. The SMILES string of the molecule is COCCCCOc1ccc(C)cc1C#CCCO. The van der Waals surface area contributed by atoms with Crippen molar-refractivity contribution in [1.82, 2.24) is 0 Å². The molecule has 1 aromatic rings. The second-order valence-corrected chi connectivity index (χ2v) is 4.32. The van der Waals surface area contributed by atoms with Crippen molar-refractivity contribution in [3.05, 3.63) is 29.3 Å². The maximum atomic E-state index is 8.75. The van der Waals surface area contributed by atoms with Crippen LogP contribution in [-0.2, 0) is 4.74 Å². The van der Waals surface area contributed by atoms with Crippen molar-refractivity contribution in [3.8, 4) is 17.6 Å². The van der Waals surface area contributed by atoms with E-state index in [1.54, 1.807) is 7.11 Å². The number of ether oxygens (including phenoxy) is 2. The van der Waals surface area contributed by atoms with E-state index in [2.05, 4.69) is 11.8 Å². The van der Waals surface area contributed by atoms with Crippen LogP contribution in [0.1, 0.15) is 30.4 Å². The number of hydrogen-bond donors (Lipinski definition) is 1. The summed E-state index contributed by atoms with van der Waals surface area (Å²) in [6, 6.07) is 5.98. The topological polar surface area (TPSA) is 38.7 Å². The van der Waals surface area contributed by atoms with Gasteiger partial charge >= 0.3 is 0 Å². The number of aryl methyl sites for hydroxylation is 1. The molecule has 0 aromatic heterocycles. The fraction of sp³-hybridized carbons (Fsp3) is 0.500. The number of hydrogen-bond acceptors (Lipinski definition) is 3. The summed E-state index contributed by atoms with van der Waals surface area (Å²) in [5, 5.41) is 8.75. The third-order valence-electron chi connectivity index (χ3n) is 2.60. The smallest absolute Gasteiger partial charge is 0.134 e. The molecule has 19 heavy (non-hydrogen) atoms. The minimum atomic E-state index is 0.0893. The summed E-state index contributed by atoms with van der Waals surface area (Å²) in [6.45, 7) is 3.55. The second-order valence-electron chi connectivity index (χ2n) is 4.32. The molecule has 1 rings (SSSR count). The molecule has 0 saturated heterocycles. The maximum absolute atomic E-state index is 8.75. The zero-order valence-corrected chi connectivity index (χ0v) is 11.7. The van der Waals surface area contributed by atoms with Gasteiger partial charge in [-0.15, -0.1) is 0 Å². The fourth-order valence-corrected chi connectivity index (χ4v) is 1.61. The number of aliphatic hydroxyl groups is 1. The first kappa shape index (κ1) is 15.6. The van der Waals surface area contributed by atoms with Gasteiger partial charge in [0.25, 0.3) is 0 Å². The number of aliphatic hydroxyl groups excluding tert-OH is 1. The molecule has 104 valence electrons. The van der Waals surface area contributed by atoms with Crippen molar-refractivity contribution in [2.75, 3.05) is 26.9 Å². The van der Waals surface area contributed by atoms with Gasteiger partial charge in [-0.2, -0.15) is 0 Å². The molecule has 0 saturated carbocycles. The largest absolute Gasteiger partial charge is 0.492 e. The predicted octanol–water partition coefficient (Wildman–Crippen LogP) is 2.53. The van der Waals surface area contributed by atoms with E-state index in [0.29, 0.717) is 13.0 Å². The zero-order valence-electron chi connectivity index (χ0n) is 11.7. The number of unbranched alkanes of at least 4 members (excludes halogenated alkanes) is 1. The van der Waals surface area contributed by atoms with Crippen LogP contribution in [0.15, 0.2) is 18.2 Å². The number of rotatable bonds is 7. The fourth-order valence-electron chi connectivity index (χ4n) is 1.61. The van der Waals surface area contributed by atoms with Gasteiger partial charge in [0, 0.05) is 20.1 Å². The molecular weight excluding hydrogens is 240 g/mol. The van der Waals surface area contributed by atoms with Gasteiger partial charge < -0.3 is 14.6 Å². The molecule has 0 heterocycles. The quantitative estimate of drug-likeness (QED) is 0.606. The lowest BCUT2D eigenvalue weighted by Gasteiger charge is -2.09. The minimum absolute atomic E-state index is 0.0893. The second kappa shape index (κ2) is 9.43. The highest BCUT2D eigenvalue weighted by Crippen LogP contribution is 2.19. The molecule has 0 aliphatic carbocycles. The lowest BCUT2D eigenvalue weighted by atomic mass is 10.1. The molecule has 0 unspecified atom stereocenters. The van der Waals surface area contributed by atoms with Crippen molar-refractivity contribution in [1.29, 1.82) is 0 Å². The third-order valence-corrected chi connectivity index (χ3v) is 2.60. The van der Waals surface area contributed by atoms with Gasteiger partial charge in [-0.3, -0.25) is 0 Å². The highest BCUT2D eigenvalue weighted by molar-refractivity contribution is 5.48. The predicted molar refractivity (Wildman–Crippen MR) is 76.4 cm³/mol. The van der Waals surface area contributed by atoms with Crippen LogP contribution in [-0.4, -0.2) is 32.0 Å². The van der Waals surface area contributed by atoms with Crippen LogP contribution in [0.25, 0.3) is 0 Å². The summed E-state index contributed by atoms with van der Waals surface area (Å²) in [5.41, 5.74) is 2.04. The summed E-state index contributed by atoms with van der Waals surface area (Å²) < 4.78 is 10.7. The van der Waals surface area contributed by atoms with Crippen molar-refractivity contribution < 1.29 is 14.6 Å². The van der Waals surface area contributed by atoms with E-state index < -0.39 is 0 Å². The molecule has 0 fully saturated rings. The van der Waals surface area contributed by atoms with Gasteiger partial charge in [-0.25, -0.2) is 0 Å². The monoisotopic (exact) mass is 262 g/mol. The summed E-state index contributed by atoms with van der Waals surface area (Å²) in [6.07, 6.45) is 2.44. The van der Waals surface area contributed by atoms with Gasteiger partial charge in [0.2, 0.25) is 0 Å². The Labute approximate surface area is 115 Å². The molecule has 0 aliphatic rings. The average molecular weight is 262 g/mol. The van der Waals surface area contributed by atoms with E-state index in [-0.39, 0.29) is 6.61 Å². The van der Waals surface area contributed by atoms with Crippen LogP contribution < -0.4 is 4.74 Å². The number of benzene rings is 1. The highest BCUT2D eigenvalue weighted by atomic mass is 16.5.